The van der Waals surface area contributed by atoms with Crippen molar-refractivity contribution in [3.05, 3.63) is 29.3 Å². The molecule has 1 aromatic carbocycles. The molecule has 0 fully saturated rings. The molecule has 1 rings (SSSR count). The molecule has 0 heterocycles. The number of sulfonamides is 1. The minimum absolute atomic E-state index is 0.382. The van der Waals surface area contributed by atoms with Crippen molar-refractivity contribution in [1.82, 2.24) is 4.72 Å². The van der Waals surface area contributed by atoms with Crippen molar-refractivity contribution in [2.75, 3.05) is 26.2 Å². The predicted molar refractivity (Wildman–Crippen MR) is 78.0 cm³/mol. The van der Waals surface area contributed by atoms with Crippen LogP contribution in [0, 0.1) is 13.8 Å². The Hall–Kier alpha value is -0.910. The first-order chi connectivity index (χ1) is 8.90. The zero-order chi connectivity index (χ0) is 14.5. The summed E-state index contributed by atoms with van der Waals surface area (Å²) >= 11 is 0. The molecule has 0 saturated heterocycles. The molecule has 0 amide bonds. The van der Waals surface area contributed by atoms with Gasteiger partial charge in [0.25, 0.3) is 0 Å². The van der Waals surface area contributed by atoms with Crippen molar-refractivity contribution in [3.8, 4) is 0 Å². The lowest BCUT2D eigenvalue weighted by Gasteiger charge is -2.16. The van der Waals surface area contributed by atoms with Gasteiger partial charge in [0.15, 0.2) is 0 Å². The second kappa shape index (κ2) is 7.03. The summed E-state index contributed by atoms with van der Waals surface area (Å²) in [4.78, 5) is 1.77. The van der Waals surface area contributed by atoms with Gasteiger partial charge in [0.2, 0.25) is 10.0 Å². The lowest BCUT2D eigenvalue weighted by Crippen LogP contribution is -3.12. The third-order valence-electron chi connectivity index (χ3n) is 3.39. The highest BCUT2D eigenvalue weighted by Crippen LogP contribution is 2.15. The first-order valence-electron chi connectivity index (χ1n) is 6.81. The van der Waals surface area contributed by atoms with Gasteiger partial charge < -0.3 is 4.90 Å². The largest absolute Gasteiger partial charge is 0.334 e. The molecule has 19 heavy (non-hydrogen) atoms. The van der Waals surface area contributed by atoms with Crippen molar-refractivity contribution >= 4 is 10.0 Å². The monoisotopic (exact) mass is 285 g/mol. The van der Waals surface area contributed by atoms with E-state index in [1.807, 2.05) is 26.0 Å². The summed E-state index contributed by atoms with van der Waals surface area (Å²) in [6.45, 7) is 11.3. The van der Waals surface area contributed by atoms with Crippen LogP contribution in [0.25, 0.3) is 0 Å². The second-order valence-electron chi connectivity index (χ2n) is 4.87. The molecule has 0 aromatic heterocycles. The van der Waals surface area contributed by atoms with Crippen LogP contribution >= 0.6 is 0 Å². The minimum atomic E-state index is -3.38. The van der Waals surface area contributed by atoms with Gasteiger partial charge in [-0.25, -0.2) is 13.1 Å². The lowest BCUT2D eigenvalue weighted by molar-refractivity contribution is -0.895. The molecule has 0 unspecified atom stereocenters. The fourth-order valence-corrected chi connectivity index (χ4v) is 3.40. The normalized spacial score (nSPS) is 12.1. The Bertz CT molecular complexity index is 508. The van der Waals surface area contributed by atoms with E-state index in [-0.39, 0.29) is 0 Å². The van der Waals surface area contributed by atoms with Crippen molar-refractivity contribution in [1.29, 1.82) is 0 Å². The Morgan fingerprint density at radius 1 is 1.16 bits per heavy atom. The zero-order valence-corrected chi connectivity index (χ0v) is 13.1. The van der Waals surface area contributed by atoms with Crippen LogP contribution < -0.4 is 9.62 Å². The van der Waals surface area contributed by atoms with E-state index in [0.717, 1.165) is 30.8 Å². The zero-order valence-electron chi connectivity index (χ0n) is 12.3. The molecule has 0 aliphatic rings. The Balaban J connectivity index is 2.71. The van der Waals surface area contributed by atoms with Gasteiger partial charge in [-0.05, 0) is 39.3 Å². The van der Waals surface area contributed by atoms with Gasteiger partial charge in [0, 0.05) is 0 Å². The smallest absolute Gasteiger partial charge is 0.241 e. The molecule has 4 nitrogen and oxygen atoms in total. The van der Waals surface area contributed by atoms with Crippen molar-refractivity contribution in [2.45, 2.75) is 32.6 Å². The summed E-state index contributed by atoms with van der Waals surface area (Å²) in [6.07, 6.45) is 0. The van der Waals surface area contributed by atoms with E-state index in [9.17, 15) is 8.42 Å². The number of hydrogen-bond donors (Lipinski definition) is 2. The number of nitrogens with one attached hydrogen (secondary N) is 2. The topological polar surface area (TPSA) is 50.6 Å². The SMILES string of the molecule is CC[NH+](CC)CCNS(=O)(=O)c1ccc(C)cc1C. The number of hydrogen-bond acceptors (Lipinski definition) is 2. The van der Waals surface area contributed by atoms with Gasteiger partial charge in [-0.2, -0.15) is 0 Å². The maximum atomic E-state index is 12.2. The van der Waals surface area contributed by atoms with Crippen LogP contribution in [0.3, 0.4) is 0 Å². The number of likely N-dealkylation sites (N-methyl/N-ethyl adjacent to an activating group) is 1. The number of quaternary nitrogens is 1. The van der Waals surface area contributed by atoms with E-state index >= 15 is 0 Å². The molecule has 0 bridgehead atoms. The molecule has 5 heteroatoms. The van der Waals surface area contributed by atoms with Gasteiger partial charge in [0.1, 0.15) is 0 Å². The maximum absolute atomic E-state index is 12.2. The average molecular weight is 285 g/mol. The van der Waals surface area contributed by atoms with E-state index < -0.39 is 10.0 Å². The Morgan fingerprint density at radius 3 is 2.32 bits per heavy atom. The van der Waals surface area contributed by atoms with Crippen LogP contribution in [0.4, 0.5) is 0 Å². The van der Waals surface area contributed by atoms with E-state index in [1.54, 1.807) is 6.07 Å². The van der Waals surface area contributed by atoms with Crippen molar-refractivity contribution in [2.24, 2.45) is 0 Å². The first kappa shape index (κ1) is 16.1. The molecule has 0 aliphatic carbocycles. The standard InChI is InChI=1S/C14H24N2O2S/c1-5-16(6-2)10-9-15-19(17,18)14-8-7-12(3)11-13(14)4/h7-8,11,15H,5-6,9-10H2,1-4H3/p+1. The Labute approximate surface area is 116 Å². The third kappa shape index (κ3) is 4.60. The van der Waals surface area contributed by atoms with E-state index in [2.05, 4.69) is 18.6 Å². The fourth-order valence-electron chi connectivity index (χ4n) is 2.14. The van der Waals surface area contributed by atoms with Crippen molar-refractivity contribution in [3.63, 3.8) is 0 Å². The van der Waals surface area contributed by atoms with Gasteiger partial charge in [0.05, 0.1) is 31.1 Å². The summed E-state index contributed by atoms with van der Waals surface area (Å²) in [7, 11) is -3.38. The lowest BCUT2D eigenvalue weighted by atomic mass is 10.2. The number of rotatable bonds is 7. The van der Waals surface area contributed by atoms with Crippen LogP contribution in [0.5, 0.6) is 0 Å². The summed E-state index contributed by atoms with van der Waals surface area (Å²) in [5, 5.41) is 0. The molecular formula is C14H25N2O2S+. The highest BCUT2D eigenvalue weighted by atomic mass is 32.2. The van der Waals surface area contributed by atoms with Crippen LogP contribution in [-0.4, -0.2) is 34.6 Å². The molecular weight excluding hydrogens is 260 g/mol. The highest BCUT2D eigenvalue weighted by Gasteiger charge is 2.16. The highest BCUT2D eigenvalue weighted by molar-refractivity contribution is 7.89. The summed E-state index contributed by atoms with van der Waals surface area (Å²) < 4.78 is 27.1. The van der Waals surface area contributed by atoms with Crippen LogP contribution in [0.2, 0.25) is 0 Å². The van der Waals surface area contributed by atoms with Gasteiger partial charge in [-0.15, -0.1) is 0 Å². The van der Waals surface area contributed by atoms with Gasteiger partial charge in [-0.3, -0.25) is 0 Å². The number of aryl methyl sites for hydroxylation is 2. The Morgan fingerprint density at radius 2 is 1.79 bits per heavy atom. The maximum Gasteiger partial charge on any atom is 0.241 e. The van der Waals surface area contributed by atoms with Crippen LogP contribution in [-0.2, 0) is 10.0 Å². The molecule has 2 N–H and O–H groups in total. The molecule has 0 spiro atoms. The third-order valence-corrected chi connectivity index (χ3v) is 5.01. The second-order valence-corrected chi connectivity index (χ2v) is 6.61. The minimum Gasteiger partial charge on any atom is -0.334 e. The molecule has 1 aromatic rings. The predicted octanol–water partition coefficient (Wildman–Crippen LogP) is 0.506. The van der Waals surface area contributed by atoms with E-state index in [0.29, 0.717) is 11.4 Å². The molecule has 108 valence electrons. The van der Waals surface area contributed by atoms with Gasteiger partial charge >= 0.3 is 0 Å². The van der Waals surface area contributed by atoms with Gasteiger partial charge in [-0.1, -0.05) is 17.7 Å². The molecule has 0 saturated carbocycles. The first-order valence-corrected chi connectivity index (χ1v) is 8.29. The molecule has 0 aliphatic heterocycles. The Kier molecular flexibility index (Phi) is 5.97. The number of benzene rings is 1. The summed E-state index contributed by atoms with van der Waals surface area (Å²) in [6, 6.07) is 5.40. The molecule has 0 atom stereocenters. The average Bonchev–Trinajstić information content (AvgIpc) is 2.34. The summed E-state index contributed by atoms with van der Waals surface area (Å²) in [5.41, 5.74) is 1.87. The molecule has 0 radical (unpaired) electrons. The fraction of sp³-hybridized carbons (Fsp3) is 0.571. The van der Waals surface area contributed by atoms with Crippen LogP contribution in [0.15, 0.2) is 23.1 Å². The summed E-state index contributed by atoms with van der Waals surface area (Å²) in [5.74, 6) is 0. The van der Waals surface area contributed by atoms with Crippen LogP contribution in [0.1, 0.15) is 25.0 Å². The van der Waals surface area contributed by atoms with E-state index in [4.69, 9.17) is 0 Å². The van der Waals surface area contributed by atoms with Crippen molar-refractivity contribution < 1.29 is 13.3 Å². The quantitative estimate of drug-likeness (QED) is 0.767. The van der Waals surface area contributed by atoms with E-state index in [1.165, 1.54) is 4.90 Å².